The lowest BCUT2D eigenvalue weighted by molar-refractivity contribution is 0.0600. The first-order chi connectivity index (χ1) is 10.6. The average molecular weight is 431 g/mol. The highest BCUT2D eigenvalue weighted by Gasteiger charge is 2.16. The highest BCUT2D eigenvalue weighted by Crippen LogP contribution is 2.15. The Morgan fingerprint density at radius 2 is 1.91 bits per heavy atom. The van der Waals surface area contributed by atoms with E-state index in [1.807, 2.05) is 12.1 Å². The van der Waals surface area contributed by atoms with Crippen LogP contribution in [0.2, 0.25) is 0 Å². The van der Waals surface area contributed by atoms with Crippen LogP contribution in [0.5, 0.6) is 0 Å². The van der Waals surface area contributed by atoms with Crippen molar-refractivity contribution in [1.29, 1.82) is 0 Å². The van der Waals surface area contributed by atoms with E-state index in [4.69, 9.17) is 5.73 Å². The lowest BCUT2D eigenvalue weighted by atomic mass is 10.00. The minimum absolute atomic E-state index is 0. The number of hydrogen-bond donors (Lipinski definition) is 1. The minimum Gasteiger partial charge on any atom is -0.465 e. The van der Waals surface area contributed by atoms with Crippen molar-refractivity contribution < 1.29 is 9.53 Å². The number of esters is 1. The molecule has 1 fully saturated rings. The number of aliphatic imine (C=N–C) groups is 1. The van der Waals surface area contributed by atoms with Gasteiger partial charge >= 0.3 is 5.97 Å². The van der Waals surface area contributed by atoms with E-state index in [1.54, 1.807) is 12.1 Å². The molecule has 0 radical (unpaired) electrons. The fraction of sp³-hybridized carbons (Fsp3) is 0.529. The lowest BCUT2D eigenvalue weighted by Crippen LogP contribution is -2.42. The van der Waals surface area contributed by atoms with Gasteiger partial charge in [0.1, 0.15) is 0 Å². The van der Waals surface area contributed by atoms with E-state index in [9.17, 15) is 4.79 Å². The predicted octanol–water partition coefficient (Wildman–Crippen LogP) is 2.68. The van der Waals surface area contributed by atoms with E-state index in [1.165, 1.54) is 20.0 Å². The lowest BCUT2D eigenvalue weighted by Gasteiger charge is -2.31. The standard InChI is InChI=1S/C17H25N3O2.HI/c1-13-8-11-20(12-9-13)17(18)19-10-7-14-3-5-15(6-4-14)16(21)22-2;/h3-6,13H,7-12H2,1-2H3,(H2,18,19);1H. The van der Waals surface area contributed by atoms with Crippen LogP contribution in [0.15, 0.2) is 29.3 Å². The Hall–Kier alpha value is -1.31. The van der Waals surface area contributed by atoms with E-state index >= 15 is 0 Å². The number of piperidine rings is 1. The topological polar surface area (TPSA) is 67.9 Å². The molecule has 1 aromatic carbocycles. The Bertz CT molecular complexity index is 523. The van der Waals surface area contributed by atoms with E-state index in [2.05, 4.69) is 21.6 Å². The smallest absolute Gasteiger partial charge is 0.337 e. The number of carbonyl (C=O) groups excluding carboxylic acids is 1. The summed E-state index contributed by atoms with van der Waals surface area (Å²) in [5, 5.41) is 0. The predicted molar refractivity (Wildman–Crippen MR) is 103 cm³/mol. The molecule has 1 aromatic rings. The number of likely N-dealkylation sites (tertiary alicyclic amines) is 1. The zero-order chi connectivity index (χ0) is 15.9. The Balaban J connectivity index is 0.00000264. The Morgan fingerprint density at radius 1 is 1.30 bits per heavy atom. The van der Waals surface area contributed by atoms with E-state index in [0.717, 1.165) is 31.0 Å². The van der Waals surface area contributed by atoms with Crippen molar-refractivity contribution in [3.05, 3.63) is 35.4 Å². The number of benzene rings is 1. The molecule has 0 unspecified atom stereocenters. The SMILES string of the molecule is COC(=O)c1ccc(CCN=C(N)N2CCC(C)CC2)cc1.I. The first kappa shape index (κ1) is 19.7. The third-order valence-corrected chi connectivity index (χ3v) is 4.16. The summed E-state index contributed by atoms with van der Waals surface area (Å²) in [6.07, 6.45) is 3.18. The molecule has 0 amide bonds. The Morgan fingerprint density at radius 3 is 2.48 bits per heavy atom. The first-order valence-electron chi connectivity index (χ1n) is 7.82. The molecule has 0 atom stereocenters. The summed E-state index contributed by atoms with van der Waals surface area (Å²) in [6, 6.07) is 7.42. The molecule has 2 N–H and O–H groups in total. The molecule has 23 heavy (non-hydrogen) atoms. The first-order valence-corrected chi connectivity index (χ1v) is 7.82. The van der Waals surface area contributed by atoms with Gasteiger partial charge in [0.15, 0.2) is 5.96 Å². The second kappa shape index (κ2) is 9.75. The summed E-state index contributed by atoms with van der Waals surface area (Å²) >= 11 is 0. The molecule has 1 aliphatic heterocycles. The largest absolute Gasteiger partial charge is 0.465 e. The molecule has 1 saturated heterocycles. The van der Waals surface area contributed by atoms with Gasteiger partial charge in [0.25, 0.3) is 0 Å². The normalized spacial score (nSPS) is 15.9. The van der Waals surface area contributed by atoms with Crippen LogP contribution in [-0.2, 0) is 11.2 Å². The van der Waals surface area contributed by atoms with E-state index in [-0.39, 0.29) is 29.9 Å². The van der Waals surface area contributed by atoms with Gasteiger partial charge in [-0.25, -0.2) is 4.79 Å². The van der Waals surface area contributed by atoms with Crippen molar-refractivity contribution in [2.75, 3.05) is 26.7 Å². The van der Waals surface area contributed by atoms with Gasteiger partial charge in [0, 0.05) is 19.6 Å². The minimum atomic E-state index is -0.312. The molecule has 5 nitrogen and oxygen atoms in total. The molecule has 1 aliphatic rings. The summed E-state index contributed by atoms with van der Waals surface area (Å²) in [5.74, 6) is 1.13. The van der Waals surface area contributed by atoms with E-state index in [0.29, 0.717) is 18.1 Å². The molecule has 0 aromatic heterocycles. The number of nitrogens with zero attached hydrogens (tertiary/aromatic N) is 2. The number of carbonyl (C=O) groups is 1. The monoisotopic (exact) mass is 431 g/mol. The van der Waals surface area contributed by atoms with Crippen LogP contribution in [0.25, 0.3) is 0 Å². The van der Waals surface area contributed by atoms with Gasteiger partial charge in [-0.1, -0.05) is 19.1 Å². The maximum atomic E-state index is 11.4. The zero-order valence-electron chi connectivity index (χ0n) is 13.8. The van der Waals surface area contributed by atoms with Gasteiger partial charge in [-0.05, 0) is 42.9 Å². The molecule has 1 heterocycles. The Labute approximate surface area is 155 Å². The molecular weight excluding hydrogens is 405 g/mol. The van der Waals surface area contributed by atoms with Crippen LogP contribution in [0.4, 0.5) is 0 Å². The average Bonchev–Trinajstić information content (AvgIpc) is 2.55. The van der Waals surface area contributed by atoms with Crippen LogP contribution in [0, 0.1) is 5.92 Å². The Kier molecular flexibility index (Phi) is 8.36. The highest BCUT2D eigenvalue weighted by molar-refractivity contribution is 14.0. The van der Waals surface area contributed by atoms with Crippen LogP contribution < -0.4 is 5.73 Å². The number of methoxy groups -OCH3 is 1. The molecule has 0 saturated carbocycles. The second-order valence-corrected chi connectivity index (χ2v) is 5.85. The fourth-order valence-electron chi connectivity index (χ4n) is 2.56. The van der Waals surface area contributed by atoms with Gasteiger partial charge in [-0.15, -0.1) is 24.0 Å². The molecular formula is C17H26IN3O2. The van der Waals surface area contributed by atoms with Crippen LogP contribution >= 0.6 is 24.0 Å². The number of halogens is 1. The van der Waals surface area contributed by atoms with Gasteiger partial charge in [0.2, 0.25) is 0 Å². The van der Waals surface area contributed by atoms with Crippen molar-refractivity contribution >= 4 is 35.9 Å². The quantitative estimate of drug-likeness (QED) is 0.345. The molecule has 2 rings (SSSR count). The van der Waals surface area contributed by atoms with Crippen molar-refractivity contribution in [2.24, 2.45) is 16.6 Å². The summed E-state index contributed by atoms with van der Waals surface area (Å²) in [7, 11) is 1.38. The van der Waals surface area contributed by atoms with Gasteiger partial charge in [-0.2, -0.15) is 0 Å². The van der Waals surface area contributed by atoms with Crippen molar-refractivity contribution in [3.8, 4) is 0 Å². The van der Waals surface area contributed by atoms with Crippen LogP contribution in [0.3, 0.4) is 0 Å². The third kappa shape index (κ3) is 6.01. The second-order valence-electron chi connectivity index (χ2n) is 5.85. The third-order valence-electron chi connectivity index (χ3n) is 4.16. The fourth-order valence-corrected chi connectivity index (χ4v) is 2.56. The number of rotatable bonds is 4. The van der Waals surface area contributed by atoms with Gasteiger partial charge < -0.3 is 15.4 Å². The van der Waals surface area contributed by atoms with Crippen LogP contribution in [-0.4, -0.2) is 43.6 Å². The summed E-state index contributed by atoms with van der Waals surface area (Å²) < 4.78 is 4.68. The summed E-state index contributed by atoms with van der Waals surface area (Å²) in [5.41, 5.74) is 7.76. The highest BCUT2D eigenvalue weighted by atomic mass is 127. The zero-order valence-corrected chi connectivity index (χ0v) is 16.2. The van der Waals surface area contributed by atoms with Crippen molar-refractivity contribution in [1.82, 2.24) is 4.90 Å². The summed E-state index contributed by atoms with van der Waals surface area (Å²) in [6.45, 7) is 4.95. The molecule has 128 valence electrons. The molecule has 0 bridgehead atoms. The maximum absolute atomic E-state index is 11.4. The van der Waals surface area contributed by atoms with E-state index < -0.39 is 0 Å². The number of nitrogens with two attached hydrogens (primary N) is 1. The number of guanidine groups is 1. The molecule has 0 spiro atoms. The van der Waals surface area contributed by atoms with Gasteiger partial charge in [-0.3, -0.25) is 4.99 Å². The molecule has 6 heteroatoms. The number of hydrogen-bond acceptors (Lipinski definition) is 3. The summed E-state index contributed by atoms with van der Waals surface area (Å²) in [4.78, 5) is 18.0. The van der Waals surface area contributed by atoms with Crippen LogP contribution in [0.1, 0.15) is 35.7 Å². The molecule has 0 aliphatic carbocycles. The van der Waals surface area contributed by atoms with Gasteiger partial charge in [0.05, 0.1) is 12.7 Å². The maximum Gasteiger partial charge on any atom is 0.337 e. The van der Waals surface area contributed by atoms with Crippen molar-refractivity contribution in [3.63, 3.8) is 0 Å². The number of ether oxygens (including phenoxy) is 1. The van der Waals surface area contributed by atoms with Crippen molar-refractivity contribution in [2.45, 2.75) is 26.2 Å².